The molecule has 168 valence electrons. The van der Waals surface area contributed by atoms with Gasteiger partial charge < -0.3 is 19.3 Å². The first-order valence-electron chi connectivity index (χ1n) is 9.68. The number of carboxylic acid groups (broad SMARTS) is 1. The molecule has 2 aromatic rings. The van der Waals surface area contributed by atoms with Crippen LogP contribution in [0.15, 0.2) is 36.4 Å². The molecule has 0 bridgehead atoms. The van der Waals surface area contributed by atoms with E-state index in [-0.39, 0.29) is 17.1 Å². The van der Waals surface area contributed by atoms with Gasteiger partial charge in [0, 0.05) is 12.1 Å². The fraction of sp³-hybridized carbons (Fsp3) is 0.409. The van der Waals surface area contributed by atoms with Crippen LogP contribution < -0.4 is 14.2 Å². The van der Waals surface area contributed by atoms with Crippen molar-refractivity contribution in [2.75, 3.05) is 27.9 Å². The number of ether oxygens (including phenoxy) is 3. The summed E-state index contributed by atoms with van der Waals surface area (Å²) in [6.45, 7) is 0.325. The topological polar surface area (TPSA) is 68.2 Å². The Bertz CT molecular complexity index is 947. The SMILES string of the molecule is COc1ccc(C(c2ccccc2C(F)(F)F)N2CCCC2C(=O)O)c(OC)c1OC. The molecule has 0 aromatic heterocycles. The number of carbonyl (C=O) groups is 1. The number of halogens is 3. The summed E-state index contributed by atoms with van der Waals surface area (Å²) in [5, 5.41) is 9.73. The van der Waals surface area contributed by atoms with Gasteiger partial charge in [-0.15, -0.1) is 0 Å². The second-order valence-corrected chi connectivity index (χ2v) is 7.15. The summed E-state index contributed by atoms with van der Waals surface area (Å²) in [7, 11) is 4.22. The predicted molar refractivity (Wildman–Crippen MR) is 107 cm³/mol. The van der Waals surface area contributed by atoms with Gasteiger partial charge in [0.15, 0.2) is 11.5 Å². The van der Waals surface area contributed by atoms with E-state index in [1.165, 1.54) is 39.5 Å². The number of carboxylic acids is 1. The summed E-state index contributed by atoms with van der Waals surface area (Å²) < 4.78 is 57.9. The molecule has 1 heterocycles. The maximum absolute atomic E-state index is 13.9. The lowest BCUT2D eigenvalue weighted by molar-refractivity contribution is -0.143. The van der Waals surface area contributed by atoms with Crippen LogP contribution in [0.4, 0.5) is 13.2 Å². The fourth-order valence-corrected chi connectivity index (χ4v) is 4.22. The van der Waals surface area contributed by atoms with Gasteiger partial charge in [-0.3, -0.25) is 9.69 Å². The number of benzene rings is 2. The summed E-state index contributed by atoms with van der Waals surface area (Å²) in [5.74, 6) is -0.309. The monoisotopic (exact) mass is 439 g/mol. The Balaban J connectivity index is 2.31. The van der Waals surface area contributed by atoms with Crippen LogP contribution in [0.25, 0.3) is 0 Å². The van der Waals surface area contributed by atoms with Gasteiger partial charge in [0.2, 0.25) is 5.75 Å². The quantitative estimate of drug-likeness (QED) is 0.691. The number of alkyl halides is 3. The second kappa shape index (κ2) is 9.05. The highest BCUT2D eigenvalue weighted by molar-refractivity contribution is 5.74. The van der Waals surface area contributed by atoms with Gasteiger partial charge in [0.1, 0.15) is 6.04 Å². The smallest absolute Gasteiger partial charge is 0.416 e. The molecule has 1 N–H and O–H groups in total. The molecule has 1 aliphatic rings. The Labute approximate surface area is 178 Å². The van der Waals surface area contributed by atoms with Crippen molar-refractivity contribution in [2.45, 2.75) is 31.1 Å². The Hall–Kier alpha value is -2.94. The molecule has 0 spiro atoms. The fourth-order valence-electron chi connectivity index (χ4n) is 4.22. The van der Waals surface area contributed by atoms with Crippen molar-refractivity contribution in [3.8, 4) is 17.2 Å². The average molecular weight is 439 g/mol. The van der Waals surface area contributed by atoms with Crippen LogP contribution in [0.2, 0.25) is 0 Å². The van der Waals surface area contributed by atoms with Gasteiger partial charge in [0.25, 0.3) is 0 Å². The van der Waals surface area contributed by atoms with Crippen molar-refractivity contribution in [1.29, 1.82) is 0 Å². The van der Waals surface area contributed by atoms with Crippen LogP contribution in [-0.4, -0.2) is 49.9 Å². The lowest BCUT2D eigenvalue weighted by atomic mass is 9.91. The largest absolute Gasteiger partial charge is 0.493 e. The highest BCUT2D eigenvalue weighted by Crippen LogP contribution is 2.48. The van der Waals surface area contributed by atoms with Gasteiger partial charge in [-0.05, 0) is 36.6 Å². The van der Waals surface area contributed by atoms with Crippen LogP contribution in [0.3, 0.4) is 0 Å². The number of methoxy groups -OCH3 is 3. The Morgan fingerprint density at radius 3 is 2.29 bits per heavy atom. The summed E-state index contributed by atoms with van der Waals surface area (Å²) in [4.78, 5) is 13.5. The van der Waals surface area contributed by atoms with E-state index in [4.69, 9.17) is 14.2 Å². The van der Waals surface area contributed by atoms with E-state index in [9.17, 15) is 23.1 Å². The molecule has 2 unspecified atom stereocenters. The molecule has 1 fully saturated rings. The van der Waals surface area contributed by atoms with Gasteiger partial charge in [-0.25, -0.2) is 0 Å². The van der Waals surface area contributed by atoms with E-state index in [0.717, 1.165) is 6.07 Å². The van der Waals surface area contributed by atoms with Crippen LogP contribution in [0.1, 0.15) is 35.6 Å². The number of rotatable bonds is 7. The Morgan fingerprint density at radius 1 is 1.03 bits per heavy atom. The molecular formula is C22H24F3NO5. The first-order valence-corrected chi connectivity index (χ1v) is 9.68. The number of nitrogens with zero attached hydrogens (tertiary/aromatic N) is 1. The van der Waals surface area contributed by atoms with Crippen LogP contribution >= 0.6 is 0 Å². The zero-order chi connectivity index (χ0) is 22.8. The van der Waals surface area contributed by atoms with E-state index in [2.05, 4.69) is 0 Å². The Morgan fingerprint density at radius 2 is 1.71 bits per heavy atom. The zero-order valence-corrected chi connectivity index (χ0v) is 17.4. The number of hydrogen-bond acceptors (Lipinski definition) is 5. The highest BCUT2D eigenvalue weighted by atomic mass is 19.4. The minimum Gasteiger partial charge on any atom is -0.493 e. The minimum absolute atomic E-state index is 0.0475. The number of aliphatic carboxylic acids is 1. The minimum atomic E-state index is -4.61. The molecule has 2 atom stereocenters. The molecule has 0 aliphatic carbocycles. The molecule has 0 radical (unpaired) electrons. The van der Waals surface area contributed by atoms with Gasteiger partial charge in [0.05, 0.1) is 32.9 Å². The van der Waals surface area contributed by atoms with E-state index < -0.39 is 29.8 Å². The van der Waals surface area contributed by atoms with Crippen molar-refractivity contribution in [2.24, 2.45) is 0 Å². The summed E-state index contributed by atoms with van der Waals surface area (Å²) >= 11 is 0. The third-order valence-corrected chi connectivity index (χ3v) is 5.50. The Kier molecular flexibility index (Phi) is 6.64. The molecule has 1 aliphatic heterocycles. The van der Waals surface area contributed by atoms with Gasteiger partial charge in [-0.1, -0.05) is 18.2 Å². The van der Waals surface area contributed by atoms with Crippen molar-refractivity contribution in [1.82, 2.24) is 4.90 Å². The molecular weight excluding hydrogens is 415 g/mol. The van der Waals surface area contributed by atoms with Gasteiger partial charge in [-0.2, -0.15) is 13.2 Å². The van der Waals surface area contributed by atoms with Crippen LogP contribution in [0.5, 0.6) is 17.2 Å². The summed E-state index contributed by atoms with van der Waals surface area (Å²) in [6.07, 6.45) is -3.72. The van der Waals surface area contributed by atoms with Crippen LogP contribution in [0, 0.1) is 0 Å². The molecule has 0 saturated carbocycles. The third-order valence-electron chi connectivity index (χ3n) is 5.50. The van der Waals surface area contributed by atoms with E-state index in [0.29, 0.717) is 30.7 Å². The molecule has 6 nitrogen and oxygen atoms in total. The second-order valence-electron chi connectivity index (χ2n) is 7.15. The maximum Gasteiger partial charge on any atom is 0.416 e. The molecule has 31 heavy (non-hydrogen) atoms. The number of hydrogen-bond donors (Lipinski definition) is 1. The molecule has 9 heteroatoms. The predicted octanol–water partition coefficient (Wildman–Crippen LogP) is 4.37. The van der Waals surface area contributed by atoms with Crippen LogP contribution in [-0.2, 0) is 11.0 Å². The lowest BCUT2D eigenvalue weighted by Gasteiger charge is -2.34. The third kappa shape index (κ3) is 4.27. The first kappa shape index (κ1) is 22.7. The summed E-state index contributed by atoms with van der Waals surface area (Å²) in [6, 6.07) is 6.42. The normalized spacial score (nSPS) is 17.9. The number of likely N-dealkylation sites (tertiary alicyclic amines) is 1. The van der Waals surface area contributed by atoms with Crippen molar-refractivity contribution < 1.29 is 37.3 Å². The summed E-state index contributed by atoms with van der Waals surface area (Å²) in [5.41, 5.74) is -0.508. The van der Waals surface area contributed by atoms with Crippen molar-refractivity contribution in [3.63, 3.8) is 0 Å². The molecule has 3 rings (SSSR count). The van der Waals surface area contributed by atoms with E-state index >= 15 is 0 Å². The highest BCUT2D eigenvalue weighted by Gasteiger charge is 2.43. The van der Waals surface area contributed by atoms with E-state index in [1.54, 1.807) is 17.0 Å². The zero-order valence-electron chi connectivity index (χ0n) is 17.4. The lowest BCUT2D eigenvalue weighted by Crippen LogP contribution is -2.40. The van der Waals surface area contributed by atoms with Gasteiger partial charge >= 0.3 is 12.1 Å². The standard InChI is InChI=1S/C22H24F3NO5/c1-29-17-11-10-14(19(30-2)20(17)31-3)18(26-12-6-9-16(26)21(27)28)13-7-4-5-8-15(13)22(23,24)25/h4-5,7-8,10-11,16,18H,6,9,12H2,1-3H3,(H,27,28). The average Bonchev–Trinajstić information content (AvgIpc) is 3.22. The maximum atomic E-state index is 13.9. The van der Waals surface area contributed by atoms with Crippen molar-refractivity contribution >= 4 is 5.97 Å². The first-order chi connectivity index (χ1) is 14.7. The van der Waals surface area contributed by atoms with Crippen molar-refractivity contribution in [3.05, 3.63) is 53.1 Å². The molecule has 0 amide bonds. The van der Waals surface area contributed by atoms with E-state index in [1.807, 2.05) is 0 Å². The molecule has 2 aromatic carbocycles. The molecule has 1 saturated heterocycles.